The average Bonchev–Trinajstić information content (AvgIpc) is 2.82. The second kappa shape index (κ2) is 9.40. The van der Waals surface area contributed by atoms with E-state index in [4.69, 9.17) is 0 Å². The molecule has 1 aromatic carbocycles. The van der Waals surface area contributed by atoms with Gasteiger partial charge in [0.15, 0.2) is 11.2 Å². The lowest BCUT2D eigenvalue weighted by atomic mass is 10.1. The normalized spacial score (nSPS) is 12.2. The average molecular weight is 474 g/mol. The number of hydrogen-bond donors (Lipinski definition) is 2. The van der Waals surface area contributed by atoms with Gasteiger partial charge < -0.3 is 10.6 Å². The molecule has 0 saturated heterocycles. The van der Waals surface area contributed by atoms with E-state index in [2.05, 4.69) is 32.2 Å². The predicted molar refractivity (Wildman–Crippen MR) is 133 cm³/mol. The van der Waals surface area contributed by atoms with Crippen molar-refractivity contribution in [2.75, 3.05) is 10.6 Å². The Morgan fingerprint density at radius 3 is 2.44 bits per heavy atom. The van der Waals surface area contributed by atoms with Crippen LogP contribution >= 0.6 is 0 Å². The summed E-state index contributed by atoms with van der Waals surface area (Å²) in [5.41, 5.74) is 3.27. The molecule has 172 valence electrons. The van der Waals surface area contributed by atoms with Crippen LogP contribution in [0.1, 0.15) is 12.5 Å². The Morgan fingerprint density at radius 1 is 1.06 bits per heavy atom. The highest BCUT2D eigenvalue weighted by molar-refractivity contribution is 7.92. The number of carbonyl (C=O) groups is 1. The van der Waals surface area contributed by atoms with E-state index in [9.17, 15) is 13.2 Å². The number of anilines is 2. The molecule has 0 aliphatic heterocycles. The van der Waals surface area contributed by atoms with Crippen LogP contribution < -0.4 is 10.6 Å². The third-order valence-corrected chi connectivity index (χ3v) is 7.08. The van der Waals surface area contributed by atoms with Crippen LogP contribution in [0.4, 0.5) is 11.5 Å². The number of rotatable bonds is 7. The molecule has 4 rings (SSSR count). The first-order chi connectivity index (χ1) is 16.3. The highest BCUT2D eigenvalue weighted by Gasteiger charge is 2.26. The molecule has 0 bridgehead atoms. The van der Waals surface area contributed by atoms with E-state index < -0.39 is 15.2 Å². The Bertz CT molecular complexity index is 1480. The van der Waals surface area contributed by atoms with Gasteiger partial charge in [-0.3, -0.25) is 14.8 Å². The van der Waals surface area contributed by atoms with Crippen molar-refractivity contribution in [1.29, 1.82) is 0 Å². The largest absolute Gasteiger partial charge is 0.348 e. The van der Waals surface area contributed by atoms with Crippen molar-refractivity contribution < 1.29 is 13.2 Å². The van der Waals surface area contributed by atoms with Crippen LogP contribution in [0.3, 0.4) is 0 Å². The van der Waals surface area contributed by atoms with Crippen molar-refractivity contribution in [3.8, 4) is 11.4 Å². The molecule has 0 fully saturated rings. The zero-order chi connectivity index (χ0) is 24.3. The van der Waals surface area contributed by atoms with Gasteiger partial charge in [0.25, 0.3) is 0 Å². The molecule has 0 aliphatic carbocycles. The molecule has 1 atom stereocenters. The molecule has 9 heteroatoms. The molecular weight excluding hydrogens is 450 g/mol. The van der Waals surface area contributed by atoms with E-state index in [1.807, 2.05) is 31.2 Å². The summed E-state index contributed by atoms with van der Waals surface area (Å²) in [6.45, 7) is 7.04. The molecule has 0 spiro atoms. The number of sulfone groups is 1. The first kappa shape index (κ1) is 23.1. The van der Waals surface area contributed by atoms with E-state index in [1.54, 1.807) is 18.5 Å². The zero-order valence-corrected chi connectivity index (χ0v) is 19.5. The minimum Gasteiger partial charge on any atom is -0.348 e. The number of aromatic nitrogens is 3. The van der Waals surface area contributed by atoms with Crippen molar-refractivity contribution in [2.24, 2.45) is 0 Å². The minimum absolute atomic E-state index is 0.0768. The number of benzene rings is 1. The van der Waals surface area contributed by atoms with Gasteiger partial charge >= 0.3 is 0 Å². The second-order valence-corrected chi connectivity index (χ2v) is 9.72. The van der Waals surface area contributed by atoms with Gasteiger partial charge in [-0.1, -0.05) is 24.8 Å². The van der Waals surface area contributed by atoms with Crippen molar-refractivity contribution in [1.82, 2.24) is 15.0 Å². The molecule has 0 aliphatic rings. The number of aryl methyl sites for hydroxylation is 1. The summed E-state index contributed by atoms with van der Waals surface area (Å²) in [6, 6.07) is 15.3. The topological polar surface area (TPSA) is 114 Å². The first-order valence-corrected chi connectivity index (χ1v) is 12.0. The lowest BCUT2D eigenvalue weighted by Gasteiger charge is -2.18. The van der Waals surface area contributed by atoms with E-state index in [0.29, 0.717) is 28.4 Å². The van der Waals surface area contributed by atoms with Gasteiger partial charge in [-0.15, -0.1) is 0 Å². The number of nitrogens with zero attached hydrogens (tertiary/aromatic N) is 3. The molecule has 2 N–H and O–H groups in total. The van der Waals surface area contributed by atoms with Crippen LogP contribution in [0.15, 0.2) is 84.5 Å². The first-order valence-electron chi connectivity index (χ1n) is 10.5. The van der Waals surface area contributed by atoms with E-state index in [0.717, 1.165) is 10.9 Å². The standard InChI is InChI=1S/C25H23N5O3S/c1-4-22(34(32,33)20-11-9-19(10-12-20)28-17(3)31)30-25-24-18(8-6-14-27-24)15-21(29-25)23-16(2)7-5-13-26-23/h4-15,22H,1H2,2-3H3,(H,28,31)(H,29,30). The molecule has 0 radical (unpaired) electrons. The Morgan fingerprint density at radius 2 is 1.76 bits per heavy atom. The van der Waals surface area contributed by atoms with E-state index >= 15 is 0 Å². The van der Waals surface area contributed by atoms with Gasteiger partial charge in [-0.2, -0.15) is 0 Å². The number of carbonyl (C=O) groups excluding carboxylic acids is 1. The summed E-state index contributed by atoms with van der Waals surface area (Å²) < 4.78 is 26.7. The van der Waals surface area contributed by atoms with Crippen LogP contribution in [0, 0.1) is 6.92 Å². The number of hydrogen-bond acceptors (Lipinski definition) is 7. The quantitative estimate of drug-likeness (QED) is 0.383. The Labute approximate surface area is 197 Å². The highest BCUT2D eigenvalue weighted by Crippen LogP contribution is 2.29. The Balaban J connectivity index is 1.75. The van der Waals surface area contributed by atoms with Crippen molar-refractivity contribution in [3.63, 3.8) is 0 Å². The smallest absolute Gasteiger partial charge is 0.221 e. The maximum atomic E-state index is 13.4. The number of pyridine rings is 3. The van der Waals surface area contributed by atoms with Crippen LogP contribution in [-0.2, 0) is 14.6 Å². The van der Waals surface area contributed by atoms with Crippen LogP contribution in [0.5, 0.6) is 0 Å². The molecule has 1 unspecified atom stereocenters. The summed E-state index contributed by atoms with van der Waals surface area (Å²) >= 11 is 0. The molecule has 0 saturated carbocycles. The van der Waals surface area contributed by atoms with Crippen molar-refractivity contribution in [2.45, 2.75) is 24.1 Å². The predicted octanol–water partition coefficient (Wildman–Crippen LogP) is 4.36. The van der Waals surface area contributed by atoms with Crippen LogP contribution in [-0.4, -0.2) is 34.7 Å². The molecule has 34 heavy (non-hydrogen) atoms. The highest BCUT2D eigenvalue weighted by atomic mass is 32.2. The van der Waals surface area contributed by atoms with E-state index in [1.165, 1.54) is 37.3 Å². The van der Waals surface area contributed by atoms with Gasteiger partial charge in [0.05, 0.1) is 16.3 Å². The fourth-order valence-electron chi connectivity index (χ4n) is 3.54. The summed E-state index contributed by atoms with van der Waals surface area (Å²) in [6.07, 6.45) is 4.62. The summed E-state index contributed by atoms with van der Waals surface area (Å²) in [5, 5.41) is 5.25. The minimum atomic E-state index is -3.87. The molecular formula is C25H23N5O3S. The summed E-state index contributed by atoms with van der Waals surface area (Å²) in [4.78, 5) is 24.8. The van der Waals surface area contributed by atoms with Crippen LogP contribution in [0.25, 0.3) is 22.3 Å². The Kier molecular flexibility index (Phi) is 6.38. The maximum Gasteiger partial charge on any atom is 0.221 e. The number of amides is 1. The van der Waals surface area contributed by atoms with Gasteiger partial charge in [-0.25, -0.2) is 13.4 Å². The lowest BCUT2D eigenvalue weighted by molar-refractivity contribution is -0.114. The fraction of sp³-hybridized carbons (Fsp3) is 0.120. The third-order valence-electron chi connectivity index (χ3n) is 5.17. The maximum absolute atomic E-state index is 13.4. The fourth-order valence-corrected chi connectivity index (χ4v) is 4.87. The second-order valence-electron chi connectivity index (χ2n) is 7.65. The molecule has 3 heterocycles. The summed E-state index contributed by atoms with van der Waals surface area (Å²) in [7, 11) is -3.87. The van der Waals surface area contributed by atoms with Gasteiger partial charge in [-0.05, 0) is 55.0 Å². The number of fused-ring (bicyclic) bond motifs is 1. The molecule has 8 nitrogen and oxygen atoms in total. The lowest BCUT2D eigenvalue weighted by Crippen LogP contribution is -2.28. The van der Waals surface area contributed by atoms with Gasteiger partial charge in [0.1, 0.15) is 5.52 Å². The van der Waals surface area contributed by atoms with E-state index in [-0.39, 0.29) is 10.8 Å². The SMILES string of the molecule is C=CC(Nc1nc(-c2ncccc2C)cc2cccnc12)S(=O)(=O)c1ccc(NC(C)=O)cc1. The van der Waals surface area contributed by atoms with Crippen LogP contribution in [0.2, 0.25) is 0 Å². The Hall–Kier alpha value is -4.11. The molecule has 4 aromatic rings. The van der Waals surface area contributed by atoms with Crippen molar-refractivity contribution >= 4 is 38.2 Å². The van der Waals surface area contributed by atoms with Gasteiger partial charge in [0, 0.05) is 30.4 Å². The monoisotopic (exact) mass is 473 g/mol. The molecule has 1 amide bonds. The van der Waals surface area contributed by atoms with Gasteiger partial charge in [0.2, 0.25) is 15.7 Å². The van der Waals surface area contributed by atoms with Crippen molar-refractivity contribution in [3.05, 3.63) is 85.2 Å². The zero-order valence-electron chi connectivity index (χ0n) is 18.7. The number of nitrogens with one attached hydrogen (secondary N) is 2. The summed E-state index contributed by atoms with van der Waals surface area (Å²) in [5.74, 6) is 0.0659. The third kappa shape index (κ3) is 4.65. The molecule has 3 aromatic heterocycles.